The van der Waals surface area contributed by atoms with E-state index in [1.54, 1.807) is 0 Å². The third kappa shape index (κ3) is 15.7. The molecule has 0 aliphatic heterocycles. The first-order valence-electron chi connectivity index (χ1n) is 2.02. The molecule has 0 unspecified atom stereocenters. The molecule has 0 heterocycles. The minimum Gasteiger partial charge on any atom is -0.550 e. The van der Waals surface area contributed by atoms with Crippen LogP contribution in [0.15, 0.2) is 0 Å². The molecule has 0 N–H and O–H groups in total. The summed E-state index contributed by atoms with van der Waals surface area (Å²) in [6.45, 7) is 0. The van der Waals surface area contributed by atoms with E-state index in [0.717, 1.165) is 0 Å². The number of carboxylic acids is 2. The molecule has 0 aliphatic rings. The molecule has 0 bridgehead atoms. The van der Waals surface area contributed by atoms with Gasteiger partial charge in [0.2, 0.25) is 0 Å². The minimum atomic E-state index is -1.37. The zero-order chi connectivity index (χ0) is 6.57. The zero-order valence-electron chi connectivity index (χ0n) is 4.65. The number of rotatable bonds is 3. The van der Waals surface area contributed by atoms with Gasteiger partial charge in [-0.1, -0.05) is 0 Å². The van der Waals surface area contributed by atoms with Gasteiger partial charge in [-0.15, -0.1) is 0 Å². The predicted octanol–water partition coefficient (Wildman–Crippen LogP) is -2.74. The van der Waals surface area contributed by atoms with Crippen LogP contribution in [0.5, 0.6) is 0 Å². The van der Waals surface area contributed by atoms with Crippen LogP contribution >= 0.6 is 0 Å². The van der Waals surface area contributed by atoms with Gasteiger partial charge in [-0.05, 0) is 12.8 Å². The Labute approximate surface area is 78.9 Å². The summed E-state index contributed by atoms with van der Waals surface area (Å²) in [6.07, 6.45) is -0.940. The first kappa shape index (κ1) is 16.5. The Morgan fingerprint density at radius 3 is 1.20 bits per heavy atom. The monoisotopic (exact) mass is 242 g/mol. The minimum absolute atomic E-state index is 0. The summed E-state index contributed by atoms with van der Waals surface area (Å²) in [7, 11) is 0. The Kier molecular flexibility index (Phi) is 14.8. The van der Waals surface area contributed by atoms with E-state index in [2.05, 4.69) is 0 Å². The molecule has 0 rings (SSSR count). The maximum atomic E-state index is 9.50. The SMILES string of the molecule is O=C([O-])CCC(=O)[O-].[Cu+].[Cu+]. The van der Waals surface area contributed by atoms with Crippen molar-refractivity contribution in [1.82, 2.24) is 0 Å². The number of aliphatic carboxylic acids is 2. The van der Waals surface area contributed by atoms with Crippen molar-refractivity contribution in [1.29, 1.82) is 0 Å². The fraction of sp³-hybridized carbons (Fsp3) is 0.500. The molecule has 4 nitrogen and oxygen atoms in total. The summed E-state index contributed by atoms with van der Waals surface area (Å²) < 4.78 is 0. The van der Waals surface area contributed by atoms with Gasteiger partial charge in [0.05, 0.1) is 0 Å². The maximum absolute atomic E-state index is 9.50. The second kappa shape index (κ2) is 8.98. The third-order valence-electron chi connectivity index (χ3n) is 0.533. The van der Waals surface area contributed by atoms with Gasteiger partial charge in [0, 0.05) is 11.9 Å². The smallest absolute Gasteiger partial charge is 0.550 e. The molecular weight excluding hydrogens is 239 g/mol. The molecule has 0 saturated heterocycles. The molecule has 0 aromatic carbocycles. The molecule has 0 atom stereocenters. The van der Waals surface area contributed by atoms with Gasteiger partial charge < -0.3 is 19.8 Å². The molecule has 0 radical (unpaired) electrons. The van der Waals surface area contributed by atoms with Gasteiger partial charge in [0.25, 0.3) is 0 Å². The zero-order valence-corrected chi connectivity index (χ0v) is 6.53. The molecule has 0 aromatic rings. The van der Waals surface area contributed by atoms with Crippen molar-refractivity contribution in [2.75, 3.05) is 0 Å². The van der Waals surface area contributed by atoms with Crippen molar-refractivity contribution < 1.29 is 53.9 Å². The predicted molar refractivity (Wildman–Crippen MR) is 19.2 cm³/mol. The Morgan fingerprint density at radius 1 is 0.900 bits per heavy atom. The molecule has 0 spiro atoms. The largest absolute Gasteiger partial charge is 1.00 e. The Hall–Kier alpha value is -0.0210. The van der Waals surface area contributed by atoms with Crippen molar-refractivity contribution in [3.05, 3.63) is 0 Å². The van der Waals surface area contributed by atoms with E-state index in [9.17, 15) is 19.8 Å². The molecular formula is C4H4Cu2O4. The van der Waals surface area contributed by atoms with E-state index in [1.807, 2.05) is 0 Å². The molecule has 10 heavy (non-hydrogen) atoms. The van der Waals surface area contributed by atoms with Crippen LogP contribution in [-0.4, -0.2) is 11.9 Å². The second-order valence-corrected chi connectivity index (χ2v) is 1.24. The molecule has 0 saturated carbocycles. The van der Waals surface area contributed by atoms with Crippen LogP contribution < -0.4 is 10.2 Å². The second-order valence-electron chi connectivity index (χ2n) is 1.24. The average molecular weight is 243 g/mol. The van der Waals surface area contributed by atoms with Crippen LogP contribution in [0.1, 0.15) is 12.8 Å². The summed E-state index contributed by atoms with van der Waals surface area (Å²) in [6, 6.07) is 0. The summed E-state index contributed by atoms with van der Waals surface area (Å²) in [4.78, 5) is 19.0. The van der Waals surface area contributed by atoms with E-state index < -0.39 is 24.8 Å². The summed E-state index contributed by atoms with van der Waals surface area (Å²) in [5, 5.41) is 19.0. The van der Waals surface area contributed by atoms with Crippen LogP contribution in [0.3, 0.4) is 0 Å². The fourth-order valence-electron chi connectivity index (χ4n) is 0.204. The van der Waals surface area contributed by atoms with Gasteiger partial charge in [0.1, 0.15) is 0 Å². The molecule has 0 aliphatic carbocycles. The normalized spacial score (nSPS) is 6.80. The summed E-state index contributed by atoms with van der Waals surface area (Å²) >= 11 is 0. The number of carbonyl (C=O) groups is 2. The summed E-state index contributed by atoms with van der Waals surface area (Å²) in [5.74, 6) is -2.73. The summed E-state index contributed by atoms with van der Waals surface area (Å²) in [5.41, 5.74) is 0. The maximum Gasteiger partial charge on any atom is 1.00 e. The molecule has 66 valence electrons. The van der Waals surface area contributed by atoms with E-state index in [0.29, 0.717) is 0 Å². The number of carboxylic acid groups (broad SMARTS) is 2. The standard InChI is InChI=1S/C4H6O4.2Cu/c5-3(6)1-2-4(7)8;;/h1-2H2,(H,5,6)(H,7,8);;/q;2*+1/p-2. The Balaban J connectivity index is -0.000000245. The topological polar surface area (TPSA) is 80.3 Å². The van der Waals surface area contributed by atoms with E-state index in [-0.39, 0.29) is 34.1 Å². The molecule has 0 amide bonds. The average Bonchev–Trinajstić information content (AvgIpc) is 1.61. The van der Waals surface area contributed by atoms with Crippen molar-refractivity contribution >= 4 is 11.9 Å². The first-order valence-corrected chi connectivity index (χ1v) is 2.02. The van der Waals surface area contributed by atoms with Crippen LogP contribution in [0.25, 0.3) is 0 Å². The molecule has 6 heteroatoms. The van der Waals surface area contributed by atoms with E-state index >= 15 is 0 Å². The fourth-order valence-corrected chi connectivity index (χ4v) is 0.204. The van der Waals surface area contributed by atoms with Crippen LogP contribution in [-0.2, 0) is 43.7 Å². The van der Waals surface area contributed by atoms with Crippen LogP contribution in [0.2, 0.25) is 0 Å². The van der Waals surface area contributed by atoms with Crippen LogP contribution in [0, 0.1) is 0 Å². The van der Waals surface area contributed by atoms with Crippen molar-refractivity contribution in [3.8, 4) is 0 Å². The Bertz CT molecular complexity index is 99.8. The van der Waals surface area contributed by atoms with Crippen LogP contribution in [0.4, 0.5) is 0 Å². The molecule has 0 fully saturated rings. The third-order valence-corrected chi connectivity index (χ3v) is 0.533. The number of hydrogen-bond acceptors (Lipinski definition) is 4. The Morgan fingerprint density at radius 2 is 1.10 bits per heavy atom. The van der Waals surface area contributed by atoms with Crippen molar-refractivity contribution in [3.63, 3.8) is 0 Å². The van der Waals surface area contributed by atoms with Crippen molar-refractivity contribution in [2.45, 2.75) is 12.8 Å². The van der Waals surface area contributed by atoms with Gasteiger partial charge in [-0.25, -0.2) is 0 Å². The first-order chi connectivity index (χ1) is 3.63. The van der Waals surface area contributed by atoms with Gasteiger partial charge in [-0.2, -0.15) is 0 Å². The van der Waals surface area contributed by atoms with Crippen molar-refractivity contribution in [2.24, 2.45) is 0 Å². The quantitative estimate of drug-likeness (QED) is 0.504. The van der Waals surface area contributed by atoms with Gasteiger partial charge in [-0.3, -0.25) is 0 Å². The van der Waals surface area contributed by atoms with E-state index in [1.165, 1.54) is 0 Å². The molecule has 0 aromatic heterocycles. The number of hydrogen-bond donors (Lipinski definition) is 0. The van der Waals surface area contributed by atoms with Gasteiger partial charge >= 0.3 is 34.1 Å². The van der Waals surface area contributed by atoms with E-state index in [4.69, 9.17) is 0 Å². The van der Waals surface area contributed by atoms with Gasteiger partial charge in [0.15, 0.2) is 0 Å². The number of carbonyl (C=O) groups excluding carboxylic acids is 2.